The number of anilines is 2. The first-order valence-corrected chi connectivity index (χ1v) is 9.59. The number of nitrogens with one attached hydrogen (secondary N) is 3. The van der Waals surface area contributed by atoms with Crippen LogP contribution in [-0.4, -0.2) is 23.8 Å². The molecule has 31 heavy (non-hydrogen) atoms. The van der Waals surface area contributed by atoms with Gasteiger partial charge in [0.05, 0.1) is 6.42 Å². The molecule has 0 aliphatic carbocycles. The number of halogens is 1. The summed E-state index contributed by atoms with van der Waals surface area (Å²) < 4.78 is 18.8. The summed E-state index contributed by atoms with van der Waals surface area (Å²) in [5.74, 6) is 0.344. The molecule has 4 rings (SSSR count). The van der Waals surface area contributed by atoms with Crippen molar-refractivity contribution in [2.45, 2.75) is 12.5 Å². The molecule has 0 radical (unpaired) electrons. The Balaban J connectivity index is 1.39. The van der Waals surface area contributed by atoms with Gasteiger partial charge in [0, 0.05) is 11.4 Å². The van der Waals surface area contributed by atoms with Gasteiger partial charge in [-0.25, -0.2) is 9.38 Å². The lowest BCUT2D eigenvalue weighted by Crippen LogP contribution is -2.45. The number of amides is 2. The summed E-state index contributed by atoms with van der Waals surface area (Å²) in [6, 6.07) is 20.9. The molecule has 1 aliphatic heterocycles. The van der Waals surface area contributed by atoms with Crippen LogP contribution in [0.2, 0.25) is 0 Å². The zero-order valence-electron chi connectivity index (χ0n) is 16.3. The van der Waals surface area contributed by atoms with Gasteiger partial charge in [-0.15, -0.1) is 0 Å². The standard InChI is InChI=1S/C23H19FN4O3/c24-15-6-8-17(9-7-15)26-23-27-20(14-21(29)28-23)22(30)25-16-10-12-19(13-11-16)31-18-4-2-1-3-5-18/h1-13,20H,14H2,(H,25,30)(H2,26,27,28,29)/t20-/m1/s1. The van der Waals surface area contributed by atoms with E-state index in [9.17, 15) is 14.0 Å². The second kappa shape index (κ2) is 9.08. The van der Waals surface area contributed by atoms with E-state index in [1.165, 1.54) is 24.3 Å². The van der Waals surface area contributed by atoms with E-state index < -0.39 is 11.9 Å². The summed E-state index contributed by atoms with van der Waals surface area (Å²) in [7, 11) is 0. The highest BCUT2D eigenvalue weighted by molar-refractivity contribution is 6.10. The molecular formula is C23H19FN4O3. The van der Waals surface area contributed by atoms with Crippen LogP contribution < -0.4 is 20.7 Å². The van der Waals surface area contributed by atoms with Crippen molar-refractivity contribution in [1.29, 1.82) is 0 Å². The van der Waals surface area contributed by atoms with Gasteiger partial charge in [-0.2, -0.15) is 0 Å². The normalized spacial score (nSPS) is 15.5. The Morgan fingerprint density at radius 3 is 2.29 bits per heavy atom. The van der Waals surface area contributed by atoms with Crippen molar-refractivity contribution in [3.8, 4) is 11.5 Å². The fraction of sp³-hybridized carbons (Fsp3) is 0.0870. The number of ether oxygens (including phenoxy) is 1. The van der Waals surface area contributed by atoms with Gasteiger partial charge in [-0.3, -0.25) is 14.9 Å². The molecule has 0 bridgehead atoms. The smallest absolute Gasteiger partial charge is 0.249 e. The second-order valence-corrected chi connectivity index (χ2v) is 6.81. The van der Waals surface area contributed by atoms with Crippen LogP contribution in [0.3, 0.4) is 0 Å². The molecule has 7 nitrogen and oxygen atoms in total. The van der Waals surface area contributed by atoms with Crippen molar-refractivity contribution in [1.82, 2.24) is 5.32 Å². The average Bonchev–Trinajstić information content (AvgIpc) is 2.77. The molecule has 0 unspecified atom stereocenters. The third kappa shape index (κ3) is 5.45. The minimum atomic E-state index is -0.892. The van der Waals surface area contributed by atoms with E-state index in [-0.39, 0.29) is 24.1 Å². The summed E-state index contributed by atoms with van der Waals surface area (Å²) in [5, 5.41) is 8.20. The Morgan fingerprint density at radius 2 is 1.58 bits per heavy atom. The number of carbonyl (C=O) groups excluding carboxylic acids is 2. The lowest BCUT2D eigenvalue weighted by atomic mass is 10.1. The van der Waals surface area contributed by atoms with Crippen LogP contribution in [0.25, 0.3) is 0 Å². The van der Waals surface area contributed by atoms with Crippen molar-refractivity contribution in [2.75, 3.05) is 10.6 Å². The first-order chi connectivity index (χ1) is 15.0. The number of hydrogen-bond acceptors (Lipinski definition) is 5. The lowest BCUT2D eigenvalue weighted by Gasteiger charge is -2.21. The van der Waals surface area contributed by atoms with Crippen molar-refractivity contribution < 1.29 is 18.7 Å². The number of para-hydroxylation sites is 1. The highest BCUT2D eigenvalue weighted by Gasteiger charge is 2.27. The van der Waals surface area contributed by atoms with E-state index in [1.807, 2.05) is 30.3 Å². The molecule has 1 heterocycles. The fourth-order valence-corrected chi connectivity index (χ4v) is 2.93. The van der Waals surface area contributed by atoms with Gasteiger partial charge in [0.15, 0.2) is 0 Å². The van der Waals surface area contributed by atoms with Crippen molar-refractivity contribution in [3.63, 3.8) is 0 Å². The molecule has 3 N–H and O–H groups in total. The molecule has 0 saturated carbocycles. The van der Waals surface area contributed by atoms with Gasteiger partial charge >= 0.3 is 0 Å². The molecule has 1 atom stereocenters. The van der Waals surface area contributed by atoms with Gasteiger partial charge in [0.25, 0.3) is 0 Å². The lowest BCUT2D eigenvalue weighted by molar-refractivity contribution is -0.124. The molecule has 8 heteroatoms. The molecule has 3 aromatic carbocycles. The number of guanidine groups is 1. The third-order valence-electron chi connectivity index (χ3n) is 4.43. The zero-order valence-corrected chi connectivity index (χ0v) is 16.3. The first kappa shape index (κ1) is 20.1. The molecule has 0 aromatic heterocycles. The molecule has 0 spiro atoms. The molecule has 1 aliphatic rings. The van der Waals surface area contributed by atoms with Crippen LogP contribution in [0, 0.1) is 5.82 Å². The highest BCUT2D eigenvalue weighted by Crippen LogP contribution is 2.23. The van der Waals surface area contributed by atoms with Crippen molar-refractivity contribution in [3.05, 3.63) is 84.7 Å². The highest BCUT2D eigenvalue weighted by atomic mass is 19.1. The van der Waals surface area contributed by atoms with Gasteiger partial charge in [0.1, 0.15) is 23.4 Å². The fourth-order valence-electron chi connectivity index (χ4n) is 2.93. The van der Waals surface area contributed by atoms with E-state index in [0.717, 1.165) is 0 Å². The predicted octanol–water partition coefficient (Wildman–Crippen LogP) is 3.91. The molecular weight excluding hydrogens is 399 g/mol. The van der Waals surface area contributed by atoms with Crippen molar-refractivity contribution >= 4 is 29.1 Å². The summed E-state index contributed by atoms with van der Waals surface area (Å²) in [5.41, 5.74) is 1.09. The Bertz CT molecular complexity index is 1100. The summed E-state index contributed by atoms with van der Waals surface area (Å²) >= 11 is 0. The number of benzene rings is 3. The predicted molar refractivity (Wildman–Crippen MR) is 116 cm³/mol. The van der Waals surface area contributed by atoms with Gasteiger partial charge in [0.2, 0.25) is 17.8 Å². The van der Waals surface area contributed by atoms with Gasteiger partial charge < -0.3 is 15.4 Å². The van der Waals surface area contributed by atoms with Crippen LogP contribution in [-0.2, 0) is 9.59 Å². The quantitative estimate of drug-likeness (QED) is 0.586. The van der Waals surface area contributed by atoms with Crippen molar-refractivity contribution in [2.24, 2.45) is 4.99 Å². The third-order valence-corrected chi connectivity index (χ3v) is 4.43. The number of aliphatic imine (C=N–C) groups is 1. The van der Waals surface area contributed by atoms with E-state index in [0.29, 0.717) is 22.9 Å². The summed E-state index contributed by atoms with van der Waals surface area (Å²) in [6.45, 7) is 0. The number of carbonyl (C=O) groups is 2. The molecule has 0 fully saturated rings. The van der Waals surface area contributed by atoms with Crippen LogP contribution in [0.15, 0.2) is 83.9 Å². The van der Waals surface area contributed by atoms with Gasteiger partial charge in [-0.1, -0.05) is 18.2 Å². The molecule has 2 amide bonds. The maximum Gasteiger partial charge on any atom is 0.249 e. The number of rotatable bonds is 5. The number of nitrogens with zero attached hydrogens (tertiary/aromatic N) is 1. The Hall–Kier alpha value is -4.20. The molecule has 3 aromatic rings. The Kier molecular flexibility index (Phi) is 5.89. The monoisotopic (exact) mass is 418 g/mol. The largest absolute Gasteiger partial charge is 0.457 e. The number of hydrogen-bond donors (Lipinski definition) is 3. The van der Waals surface area contributed by atoms with Crippen LogP contribution in [0.5, 0.6) is 11.5 Å². The SMILES string of the molecule is O=C1C[C@H](C(=O)Nc2ccc(Oc3ccccc3)cc2)N=C(Nc2ccc(F)cc2)N1. The van der Waals surface area contributed by atoms with E-state index in [2.05, 4.69) is 20.9 Å². The molecule has 156 valence electrons. The first-order valence-electron chi connectivity index (χ1n) is 9.59. The minimum Gasteiger partial charge on any atom is -0.457 e. The van der Waals surface area contributed by atoms with Gasteiger partial charge in [-0.05, 0) is 60.7 Å². The Labute approximate surface area is 178 Å². The maximum atomic E-state index is 13.0. The van der Waals surface area contributed by atoms with E-state index in [4.69, 9.17) is 4.74 Å². The minimum absolute atomic E-state index is 0.0738. The molecule has 0 saturated heterocycles. The maximum absolute atomic E-state index is 13.0. The van der Waals surface area contributed by atoms with E-state index >= 15 is 0 Å². The van der Waals surface area contributed by atoms with E-state index in [1.54, 1.807) is 24.3 Å². The summed E-state index contributed by atoms with van der Waals surface area (Å²) in [6.07, 6.45) is -0.0738. The summed E-state index contributed by atoms with van der Waals surface area (Å²) in [4.78, 5) is 28.9. The second-order valence-electron chi connectivity index (χ2n) is 6.81. The van der Waals surface area contributed by atoms with Crippen LogP contribution in [0.4, 0.5) is 15.8 Å². The topological polar surface area (TPSA) is 91.8 Å². The van der Waals surface area contributed by atoms with Crippen LogP contribution >= 0.6 is 0 Å². The average molecular weight is 418 g/mol. The van der Waals surface area contributed by atoms with Crippen LogP contribution in [0.1, 0.15) is 6.42 Å². The Morgan fingerprint density at radius 1 is 0.935 bits per heavy atom. The zero-order chi connectivity index (χ0) is 21.6.